The minimum atomic E-state index is -0.588. The highest BCUT2D eigenvalue weighted by Gasteiger charge is 2.36. The first-order chi connectivity index (χ1) is 17.2. The van der Waals surface area contributed by atoms with Crippen molar-refractivity contribution in [3.63, 3.8) is 0 Å². The summed E-state index contributed by atoms with van der Waals surface area (Å²) in [5.74, 6) is 1.47. The minimum absolute atomic E-state index is 0.296. The van der Waals surface area contributed by atoms with Gasteiger partial charge in [-0.2, -0.15) is 0 Å². The van der Waals surface area contributed by atoms with Crippen LogP contribution < -0.4 is 14.4 Å². The van der Waals surface area contributed by atoms with Gasteiger partial charge < -0.3 is 19.1 Å². The largest absolute Gasteiger partial charge is 0.493 e. The van der Waals surface area contributed by atoms with Gasteiger partial charge in [0.25, 0.3) is 0 Å². The van der Waals surface area contributed by atoms with Crippen molar-refractivity contribution < 1.29 is 19.0 Å². The molecule has 4 aromatic rings. The average Bonchev–Trinajstić information content (AvgIpc) is 2.91. The lowest BCUT2D eigenvalue weighted by Crippen LogP contribution is -2.47. The minimum Gasteiger partial charge on any atom is -0.493 e. The van der Waals surface area contributed by atoms with E-state index in [1.165, 1.54) is 0 Å². The number of benzene rings is 3. The number of hydrogen-bond acceptors (Lipinski definition) is 7. The third-order valence-electron chi connectivity index (χ3n) is 6.17. The molecule has 1 aliphatic rings. The molecule has 0 bridgehead atoms. The van der Waals surface area contributed by atoms with Gasteiger partial charge in [-0.25, -0.2) is 14.8 Å². The Balaban J connectivity index is 1.53. The van der Waals surface area contributed by atoms with Crippen LogP contribution in [0.4, 0.5) is 5.95 Å². The zero-order valence-electron chi connectivity index (χ0n) is 19.8. The maximum Gasteiger partial charge on any atom is 0.329 e. The molecule has 0 fully saturated rings. The number of nitrogens with zero attached hydrogens (tertiary/aromatic N) is 3. The lowest BCUT2D eigenvalue weighted by atomic mass is 9.92. The Labute approximate surface area is 204 Å². The molecule has 0 saturated carbocycles. The van der Waals surface area contributed by atoms with E-state index in [2.05, 4.69) is 4.98 Å². The lowest BCUT2D eigenvalue weighted by molar-refractivity contribution is -0.144. The van der Waals surface area contributed by atoms with Crippen molar-refractivity contribution in [2.24, 2.45) is 0 Å². The van der Waals surface area contributed by atoms with Crippen molar-refractivity contribution in [2.45, 2.75) is 32.5 Å². The van der Waals surface area contributed by atoms with Gasteiger partial charge >= 0.3 is 5.97 Å². The number of methoxy groups -OCH3 is 1. The van der Waals surface area contributed by atoms with Crippen LogP contribution in [-0.2, 0) is 29.1 Å². The van der Waals surface area contributed by atoms with Crippen LogP contribution in [0.2, 0.25) is 0 Å². The average molecular weight is 470 g/mol. The first-order valence-electron chi connectivity index (χ1n) is 11.7. The van der Waals surface area contributed by atoms with Crippen LogP contribution in [0.5, 0.6) is 11.5 Å². The number of para-hydroxylation sites is 1. The quantitative estimate of drug-likeness (QED) is 0.363. The zero-order chi connectivity index (χ0) is 24.2. The number of hydrogen-bond donors (Lipinski definition) is 0. The number of aromatic nitrogens is 2. The van der Waals surface area contributed by atoms with Gasteiger partial charge in [-0.3, -0.25) is 0 Å². The molecule has 0 N–H and O–H groups in total. The third kappa shape index (κ3) is 4.62. The summed E-state index contributed by atoms with van der Waals surface area (Å²) in [6, 6.07) is 21.1. The van der Waals surface area contributed by atoms with Crippen LogP contribution in [0, 0.1) is 0 Å². The van der Waals surface area contributed by atoms with E-state index in [1.54, 1.807) is 13.3 Å². The van der Waals surface area contributed by atoms with Crippen molar-refractivity contribution in [1.29, 1.82) is 0 Å². The van der Waals surface area contributed by atoms with Crippen LogP contribution in [-0.4, -0.2) is 35.7 Å². The van der Waals surface area contributed by atoms with E-state index >= 15 is 0 Å². The van der Waals surface area contributed by atoms with E-state index in [9.17, 15) is 4.79 Å². The Hall–Kier alpha value is -4.13. The molecule has 0 amide bonds. The van der Waals surface area contributed by atoms with Gasteiger partial charge in [0.15, 0.2) is 11.5 Å². The summed E-state index contributed by atoms with van der Waals surface area (Å²) < 4.78 is 17.3. The van der Waals surface area contributed by atoms with Crippen molar-refractivity contribution in [1.82, 2.24) is 9.97 Å². The Bertz CT molecular complexity index is 1340. The number of fused-ring (bicyclic) bond motifs is 2. The molecule has 35 heavy (non-hydrogen) atoms. The molecule has 0 aliphatic carbocycles. The number of rotatable bonds is 7. The first-order valence-corrected chi connectivity index (χ1v) is 11.7. The molecule has 1 aliphatic heterocycles. The Morgan fingerprint density at radius 2 is 1.86 bits per heavy atom. The monoisotopic (exact) mass is 469 g/mol. The van der Waals surface area contributed by atoms with Crippen LogP contribution in [0.25, 0.3) is 10.9 Å². The molecule has 1 unspecified atom stereocenters. The fourth-order valence-electron chi connectivity index (χ4n) is 4.42. The maximum absolute atomic E-state index is 13.1. The van der Waals surface area contributed by atoms with E-state index in [0.29, 0.717) is 43.6 Å². The van der Waals surface area contributed by atoms with Crippen molar-refractivity contribution in [3.8, 4) is 11.5 Å². The van der Waals surface area contributed by atoms with Gasteiger partial charge in [0.2, 0.25) is 5.95 Å². The number of esters is 1. The molecular weight excluding hydrogens is 442 g/mol. The highest BCUT2D eigenvalue weighted by atomic mass is 16.5. The van der Waals surface area contributed by atoms with E-state index in [1.807, 2.05) is 78.6 Å². The molecule has 0 radical (unpaired) electrons. The second-order valence-corrected chi connectivity index (χ2v) is 8.34. The highest BCUT2D eigenvalue weighted by Crippen LogP contribution is 2.39. The Kier molecular flexibility index (Phi) is 6.48. The van der Waals surface area contributed by atoms with Crippen LogP contribution in [0.1, 0.15) is 23.6 Å². The third-order valence-corrected chi connectivity index (χ3v) is 6.17. The first kappa shape index (κ1) is 22.7. The molecule has 1 atom stereocenters. The fraction of sp³-hybridized carbons (Fsp3) is 0.250. The molecule has 7 nitrogen and oxygen atoms in total. The van der Waals surface area contributed by atoms with Crippen molar-refractivity contribution in [2.75, 3.05) is 18.6 Å². The standard InChI is InChI=1S/C28H27N3O4/c1-3-34-27(32)24-15-22-21(17-31(24)28-29-16-20-11-7-8-12-23(20)30-28)13-14-25(33-2)26(22)35-18-19-9-5-4-6-10-19/h4-14,16,24H,3,15,17-18H2,1-2H3. The normalized spacial score (nSPS) is 14.9. The molecule has 1 aromatic heterocycles. The Morgan fingerprint density at radius 1 is 1.06 bits per heavy atom. The zero-order valence-corrected chi connectivity index (χ0v) is 19.8. The van der Waals surface area contributed by atoms with Gasteiger partial charge in [-0.15, -0.1) is 0 Å². The molecule has 178 valence electrons. The maximum atomic E-state index is 13.1. The summed E-state index contributed by atoms with van der Waals surface area (Å²) in [5.41, 5.74) is 3.85. The SMILES string of the molecule is CCOC(=O)C1Cc2c(ccc(OC)c2OCc2ccccc2)CN1c1ncc2ccccc2n1. The van der Waals surface area contributed by atoms with Gasteiger partial charge in [-0.05, 0) is 30.2 Å². The summed E-state index contributed by atoms with van der Waals surface area (Å²) in [6.45, 7) is 2.95. The van der Waals surface area contributed by atoms with E-state index in [0.717, 1.165) is 27.6 Å². The van der Waals surface area contributed by atoms with Crippen LogP contribution >= 0.6 is 0 Å². The molecule has 5 rings (SSSR count). The molecule has 2 heterocycles. The highest BCUT2D eigenvalue weighted by molar-refractivity contribution is 5.83. The summed E-state index contributed by atoms with van der Waals surface area (Å²) in [6.07, 6.45) is 2.18. The number of anilines is 1. The molecule has 7 heteroatoms. The smallest absolute Gasteiger partial charge is 0.329 e. The van der Waals surface area contributed by atoms with Gasteiger partial charge in [-0.1, -0.05) is 54.6 Å². The second-order valence-electron chi connectivity index (χ2n) is 8.34. The summed E-state index contributed by atoms with van der Waals surface area (Å²) in [7, 11) is 1.62. The molecular formula is C28H27N3O4. The Morgan fingerprint density at radius 3 is 2.66 bits per heavy atom. The van der Waals surface area contributed by atoms with E-state index in [-0.39, 0.29) is 5.97 Å². The lowest BCUT2D eigenvalue weighted by Gasteiger charge is -2.36. The van der Waals surface area contributed by atoms with E-state index < -0.39 is 6.04 Å². The molecule has 0 spiro atoms. The molecule has 0 saturated heterocycles. The summed E-state index contributed by atoms with van der Waals surface area (Å²) in [5, 5.41) is 0.947. The van der Waals surface area contributed by atoms with Gasteiger partial charge in [0.1, 0.15) is 12.6 Å². The van der Waals surface area contributed by atoms with Gasteiger partial charge in [0, 0.05) is 30.1 Å². The molecule has 3 aromatic carbocycles. The summed E-state index contributed by atoms with van der Waals surface area (Å²) >= 11 is 0. The fourth-order valence-corrected chi connectivity index (χ4v) is 4.42. The van der Waals surface area contributed by atoms with Crippen molar-refractivity contribution in [3.05, 3.63) is 89.6 Å². The van der Waals surface area contributed by atoms with Crippen LogP contribution in [0.3, 0.4) is 0 Å². The predicted molar refractivity (Wildman–Crippen MR) is 134 cm³/mol. The second kappa shape index (κ2) is 10.0. The number of carbonyl (C=O) groups is 1. The van der Waals surface area contributed by atoms with Gasteiger partial charge in [0.05, 0.1) is 19.2 Å². The topological polar surface area (TPSA) is 73.8 Å². The number of ether oxygens (including phenoxy) is 3. The summed E-state index contributed by atoms with van der Waals surface area (Å²) in [4.78, 5) is 24.4. The number of carbonyl (C=O) groups excluding carboxylic acids is 1. The van der Waals surface area contributed by atoms with Crippen LogP contribution in [0.15, 0.2) is 72.9 Å². The van der Waals surface area contributed by atoms with E-state index in [4.69, 9.17) is 19.2 Å². The van der Waals surface area contributed by atoms with Crippen molar-refractivity contribution >= 4 is 22.8 Å². The predicted octanol–water partition coefficient (Wildman–Crippen LogP) is 4.71.